The number of allylic oxidation sites excluding steroid dienone is 1. The summed E-state index contributed by atoms with van der Waals surface area (Å²) in [4.78, 5) is 21.0. The second kappa shape index (κ2) is 4.81. The van der Waals surface area contributed by atoms with Gasteiger partial charge in [0, 0.05) is 0 Å². The summed E-state index contributed by atoms with van der Waals surface area (Å²) in [5.74, 6) is 0. The van der Waals surface area contributed by atoms with E-state index < -0.39 is 6.03 Å². The summed E-state index contributed by atoms with van der Waals surface area (Å²) in [6.07, 6.45) is 2.08. The molecule has 0 unspecified atom stereocenters. The van der Waals surface area contributed by atoms with Crippen molar-refractivity contribution in [3.63, 3.8) is 0 Å². The quantitative estimate of drug-likeness (QED) is 0.549. The first kappa shape index (κ1) is 9.98. The molecule has 0 saturated carbocycles. The molecule has 1 aromatic rings. The van der Waals surface area contributed by atoms with Crippen molar-refractivity contribution in [2.75, 3.05) is 0 Å². The highest BCUT2D eigenvalue weighted by Gasteiger charge is 1.97. The fraction of sp³-hybridized carbons (Fsp3) is 0. The van der Waals surface area contributed by atoms with E-state index >= 15 is 0 Å². The smallest absolute Gasteiger partial charge is 0.316 e. The van der Waals surface area contributed by atoms with Crippen molar-refractivity contribution in [1.29, 1.82) is 0 Å². The van der Waals surface area contributed by atoms with E-state index in [2.05, 4.69) is 5.32 Å². The SMILES string of the molecule is NC(=O)NC(C=O)=Cc1ccccc1. The summed E-state index contributed by atoms with van der Waals surface area (Å²) in [6, 6.07) is 8.40. The molecule has 0 atom stereocenters. The van der Waals surface area contributed by atoms with Crippen molar-refractivity contribution in [3.8, 4) is 0 Å². The molecule has 4 nitrogen and oxygen atoms in total. The van der Waals surface area contributed by atoms with E-state index in [1.807, 2.05) is 30.3 Å². The lowest BCUT2D eigenvalue weighted by atomic mass is 10.2. The number of primary amides is 1. The van der Waals surface area contributed by atoms with Crippen LogP contribution in [-0.4, -0.2) is 12.3 Å². The molecule has 14 heavy (non-hydrogen) atoms. The summed E-state index contributed by atoms with van der Waals surface area (Å²) < 4.78 is 0. The molecule has 0 aromatic heterocycles. The number of carbonyl (C=O) groups excluding carboxylic acids is 2. The fourth-order valence-corrected chi connectivity index (χ4v) is 0.971. The lowest BCUT2D eigenvalue weighted by Crippen LogP contribution is -2.29. The van der Waals surface area contributed by atoms with Crippen LogP contribution in [0.3, 0.4) is 0 Å². The molecule has 2 amide bonds. The molecule has 72 valence electrons. The van der Waals surface area contributed by atoms with Crippen LogP contribution in [0.5, 0.6) is 0 Å². The van der Waals surface area contributed by atoms with Gasteiger partial charge in [-0.3, -0.25) is 4.79 Å². The number of rotatable bonds is 3. The maximum absolute atomic E-state index is 10.5. The van der Waals surface area contributed by atoms with Crippen LogP contribution in [0.2, 0.25) is 0 Å². The highest BCUT2D eigenvalue weighted by Crippen LogP contribution is 2.02. The van der Waals surface area contributed by atoms with Gasteiger partial charge in [0.15, 0.2) is 6.29 Å². The Morgan fingerprint density at radius 1 is 1.29 bits per heavy atom. The molecule has 3 N–H and O–H groups in total. The maximum Gasteiger partial charge on any atom is 0.316 e. The zero-order chi connectivity index (χ0) is 10.4. The van der Waals surface area contributed by atoms with Crippen LogP contribution in [0.4, 0.5) is 4.79 Å². The highest BCUT2D eigenvalue weighted by molar-refractivity contribution is 5.88. The number of hydrogen-bond donors (Lipinski definition) is 2. The standard InChI is InChI=1S/C10H10N2O2/c11-10(14)12-9(7-13)6-8-4-2-1-3-5-8/h1-7H,(H3,11,12,14). The molecule has 0 radical (unpaired) electrons. The molecule has 0 aliphatic rings. The zero-order valence-electron chi connectivity index (χ0n) is 7.44. The van der Waals surface area contributed by atoms with Gasteiger partial charge in [-0.25, -0.2) is 4.79 Å². The Bertz CT molecular complexity index is 358. The molecule has 0 aliphatic heterocycles. The highest BCUT2D eigenvalue weighted by atomic mass is 16.2. The second-order valence-electron chi connectivity index (χ2n) is 2.62. The second-order valence-corrected chi connectivity index (χ2v) is 2.62. The summed E-state index contributed by atoms with van der Waals surface area (Å²) in [7, 11) is 0. The minimum atomic E-state index is -0.751. The van der Waals surface area contributed by atoms with Crippen molar-refractivity contribution < 1.29 is 9.59 Å². The van der Waals surface area contributed by atoms with E-state index in [0.717, 1.165) is 5.56 Å². The van der Waals surface area contributed by atoms with E-state index in [1.54, 1.807) is 0 Å². The summed E-state index contributed by atoms with van der Waals surface area (Å²) >= 11 is 0. The summed E-state index contributed by atoms with van der Waals surface area (Å²) in [5.41, 5.74) is 5.84. The van der Waals surface area contributed by atoms with E-state index in [1.165, 1.54) is 6.08 Å². The van der Waals surface area contributed by atoms with Crippen LogP contribution < -0.4 is 11.1 Å². The minimum absolute atomic E-state index is 0.142. The molecule has 1 aromatic carbocycles. The van der Waals surface area contributed by atoms with Gasteiger partial charge in [-0.05, 0) is 11.6 Å². The van der Waals surface area contributed by atoms with Gasteiger partial charge in [0.2, 0.25) is 0 Å². The Morgan fingerprint density at radius 3 is 2.43 bits per heavy atom. The van der Waals surface area contributed by atoms with Crippen molar-refractivity contribution in [3.05, 3.63) is 41.6 Å². The largest absolute Gasteiger partial charge is 0.351 e. The van der Waals surface area contributed by atoms with Crippen LogP contribution in [0.1, 0.15) is 5.56 Å². The molecular weight excluding hydrogens is 180 g/mol. The third kappa shape index (κ3) is 3.10. The van der Waals surface area contributed by atoms with Crippen LogP contribution in [0.25, 0.3) is 6.08 Å². The average molecular weight is 190 g/mol. The van der Waals surface area contributed by atoms with E-state index in [9.17, 15) is 9.59 Å². The molecule has 0 fully saturated rings. The average Bonchev–Trinajstić information content (AvgIpc) is 2.17. The Kier molecular flexibility index (Phi) is 3.43. The van der Waals surface area contributed by atoms with Gasteiger partial charge >= 0.3 is 6.03 Å². The van der Waals surface area contributed by atoms with E-state index in [4.69, 9.17) is 5.73 Å². The topological polar surface area (TPSA) is 72.2 Å². The van der Waals surface area contributed by atoms with Crippen molar-refractivity contribution in [2.24, 2.45) is 5.73 Å². The molecule has 0 saturated heterocycles. The number of amides is 2. The van der Waals surface area contributed by atoms with Crippen molar-refractivity contribution in [1.82, 2.24) is 5.32 Å². The Balaban J connectivity index is 2.84. The fourth-order valence-electron chi connectivity index (χ4n) is 0.971. The number of aldehydes is 1. The molecule has 0 heterocycles. The lowest BCUT2D eigenvalue weighted by Gasteiger charge is -1.99. The van der Waals surface area contributed by atoms with E-state index in [0.29, 0.717) is 6.29 Å². The van der Waals surface area contributed by atoms with Crippen LogP contribution >= 0.6 is 0 Å². The molecule has 0 bridgehead atoms. The van der Waals surface area contributed by atoms with Gasteiger partial charge in [-0.15, -0.1) is 0 Å². The first-order valence-corrected chi connectivity index (χ1v) is 4.01. The first-order chi connectivity index (χ1) is 6.72. The Labute approximate surface area is 81.4 Å². The molecule has 0 spiro atoms. The maximum atomic E-state index is 10.5. The predicted molar refractivity (Wildman–Crippen MR) is 53.2 cm³/mol. The van der Waals surface area contributed by atoms with Crippen molar-refractivity contribution in [2.45, 2.75) is 0 Å². The molecular formula is C10H10N2O2. The van der Waals surface area contributed by atoms with Gasteiger partial charge < -0.3 is 11.1 Å². The summed E-state index contributed by atoms with van der Waals surface area (Å²) in [6.45, 7) is 0. The van der Waals surface area contributed by atoms with Crippen LogP contribution in [-0.2, 0) is 4.79 Å². The van der Waals surface area contributed by atoms with E-state index in [-0.39, 0.29) is 5.70 Å². The number of benzene rings is 1. The number of nitrogens with two attached hydrogens (primary N) is 1. The van der Waals surface area contributed by atoms with Crippen molar-refractivity contribution >= 4 is 18.4 Å². The third-order valence-electron chi connectivity index (χ3n) is 1.52. The number of nitrogens with one attached hydrogen (secondary N) is 1. The number of urea groups is 1. The Morgan fingerprint density at radius 2 is 1.93 bits per heavy atom. The zero-order valence-corrected chi connectivity index (χ0v) is 7.44. The van der Waals surface area contributed by atoms with Gasteiger partial charge in [0.05, 0.1) is 5.70 Å². The molecule has 4 heteroatoms. The van der Waals surface area contributed by atoms with Crippen LogP contribution in [0.15, 0.2) is 36.0 Å². The normalized spacial score (nSPS) is 10.7. The molecule has 1 rings (SSSR count). The van der Waals surface area contributed by atoms with Gasteiger partial charge in [0.1, 0.15) is 0 Å². The third-order valence-corrected chi connectivity index (χ3v) is 1.52. The number of hydrogen-bond acceptors (Lipinski definition) is 2. The minimum Gasteiger partial charge on any atom is -0.351 e. The lowest BCUT2D eigenvalue weighted by molar-refractivity contribution is -0.105. The Hall–Kier alpha value is -2.10. The molecule has 0 aliphatic carbocycles. The van der Waals surface area contributed by atoms with Crippen LogP contribution in [0, 0.1) is 0 Å². The summed E-state index contributed by atoms with van der Waals surface area (Å²) in [5, 5.41) is 2.21. The number of carbonyl (C=O) groups is 2. The van der Waals surface area contributed by atoms with Gasteiger partial charge in [0.25, 0.3) is 0 Å². The van der Waals surface area contributed by atoms with Gasteiger partial charge in [-0.2, -0.15) is 0 Å². The predicted octanol–water partition coefficient (Wildman–Crippen LogP) is 0.895. The monoisotopic (exact) mass is 190 g/mol. The van der Waals surface area contributed by atoms with Gasteiger partial charge in [-0.1, -0.05) is 30.3 Å². The first-order valence-electron chi connectivity index (χ1n) is 4.01.